The maximum Gasteiger partial charge on any atom is 0.144 e. The molecule has 0 fully saturated rings. The lowest BCUT2D eigenvalue weighted by atomic mass is 10.2. The topological polar surface area (TPSA) is 37.8 Å². The molecule has 0 radical (unpaired) electrons. The fourth-order valence-corrected chi connectivity index (χ4v) is 2.87. The smallest absolute Gasteiger partial charge is 0.144 e. The van der Waals surface area contributed by atoms with Gasteiger partial charge in [-0.3, -0.25) is 4.98 Å². The number of hydrogen-bond donors (Lipinski definition) is 1. The van der Waals surface area contributed by atoms with E-state index >= 15 is 0 Å². The Hall–Kier alpha value is -1.26. The molecule has 0 unspecified atom stereocenters. The van der Waals surface area contributed by atoms with Crippen LogP contribution < -0.4 is 5.32 Å². The van der Waals surface area contributed by atoms with Crippen LogP contribution in [-0.4, -0.2) is 16.5 Å². The Morgan fingerprint density at radius 1 is 1.15 bits per heavy atom. The molecule has 0 bridgehead atoms. The van der Waals surface area contributed by atoms with E-state index < -0.39 is 0 Å². The minimum Gasteiger partial charge on any atom is -0.369 e. The van der Waals surface area contributed by atoms with Crippen LogP contribution in [0.1, 0.15) is 24.6 Å². The molecule has 0 aliphatic carbocycles. The van der Waals surface area contributed by atoms with E-state index in [1.807, 2.05) is 24.4 Å². The maximum absolute atomic E-state index is 6.13. The average molecular weight is 308 g/mol. The SMILES string of the molecule is CCCNc1cnc(CSCc2ccccc2Cl)cn1. The van der Waals surface area contributed by atoms with Crippen molar-refractivity contribution in [2.24, 2.45) is 0 Å². The highest BCUT2D eigenvalue weighted by Gasteiger charge is 2.01. The Morgan fingerprint density at radius 3 is 2.70 bits per heavy atom. The zero-order valence-corrected chi connectivity index (χ0v) is 13.0. The van der Waals surface area contributed by atoms with Crippen molar-refractivity contribution >= 4 is 29.2 Å². The number of thioether (sulfide) groups is 1. The molecule has 0 spiro atoms. The van der Waals surface area contributed by atoms with Gasteiger partial charge in [0.15, 0.2) is 0 Å². The first-order valence-electron chi connectivity index (χ1n) is 6.65. The molecule has 2 aromatic rings. The summed E-state index contributed by atoms with van der Waals surface area (Å²) >= 11 is 7.92. The number of nitrogens with zero attached hydrogens (tertiary/aromatic N) is 2. The Kier molecular flexibility index (Phi) is 6.15. The second-order valence-electron chi connectivity index (χ2n) is 4.40. The third-order valence-corrected chi connectivity index (χ3v) is 4.11. The predicted molar refractivity (Wildman–Crippen MR) is 87.3 cm³/mol. The summed E-state index contributed by atoms with van der Waals surface area (Å²) in [5.74, 6) is 2.57. The molecule has 1 N–H and O–H groups in total. The van der Waals surface area contributed by atoms with Gasteiger partial charge in [-0.05, 0) is 18.1 Å². The minimum atomic E-state index is 0.824. The van der Waals surface area contributed by atoms with Crippen molar-refractivity contribution in [3.05, 3.63) is 52.9 Å². The van der Waals surface area contributed by atoms with Crippen LogP contribution >= 0.6 is 23.4 Å². The van der Waals surface area contributed by atoms with Crippen molar-refractivity contribution in [3.63, 3.8) is 0 Å². The van der Waals surface area contributed by atoms with Crippen LogP contribution in [0.3, 0.4) is 0 Å². The first-order chi connectivity index (χ1) is 9.79. The van der Waals surface area contributed by atoms with Crippen LogP contribution in [0, 0.1) is 0 Å². The van der Waals surface area contributed by atoms with Crippen LogP contribution in [0.25, 0.3) is 0 Å². The van der Waals surface area contributed by atoms with Crippen LogP contribution in [0.4, 0.5) is 5.82 Å². The summed E-state index contributed by atoms with van der Waals surface area (Å²) in [5.41, 5.74) is 2.15. The van der Waals surface area contributed by atoms with Crippen molar-refractivity contribution in [2.75, 3.05) is 11.9 Å². The van der Waals surface area contributed by atoms with Crippen molar-refractivity contribution in [1.82, 2.24) is 9.97 Å². The predicted octanol–water partition coefficient (Wildman–Crippen LogP) is 4.39. The lowest BCUT2D eigenvalue weighted by Crippen LogP contribution is -2.02. The number of benzene rings is 1. The van der Waals surface area contributed by atoms with Crippen LogP contribution in [0.2, 0.25) is 5.02 Å². The molecule has 3 nitrogen and oxygen atoms in total. The van der Waals surface area contributed by atoms with Gasteiger partial charge in [-0.1, -0.05) is 36.7 Å². The van der Waals surface area contributed by atoms with Crippen LogP contribution in [0.15, 0.2) is 36.7 Å². The first-order valence-corrected chi connectivity index (χ1v) is 8.19. The summed E-state index contributed by atoms with van der Waals surface area (Å²) < 4.78 is 0. The maximum atomic E-state index is 6.13. The Morgan fingerprint density at radius 2 is 2.00 bits per heavy atom. The van der Waals surface area contributed by atoms with E-state index in [9.17, 15) is 0 Å². The third-order valence-electron chi connectivity index (χ3n) is 2.73. The number of rotatable bonds is 7. The second-order valence-corrected chi connectivity index (χ2v) is 5.80. The normalized spacial score (nSPS) is 10.5. The highest BCUT2D eigenvalue weighted by atomic mass is 35.5. The van der Waals surface area contributed by atoms with Gasteiger partial charge < -0.3 is 5.32 Å². The molecule has 0 atom stereocenters. The number of halogens is 1. The first kappa shape index (κ1) is 15.1. The number of nitrogens with one attached hydrogen (secondary N) is 1. The van der Waals surface area contributed by atoms with Gasteiger partial charge in [-0.15, -0.1) is 0 Å². The zero-order valence-electron chi connectivity index (χ0n) is 11.5. The van der Waals surface area contributed by atoms with E-state index in [1.54, 1.807) is 18.0 Å². The summed E-state index contributed by atoms with van der Waals surface area (Å²) in [6, 6.07) is 7.93. The third kappa shape index (κ3) is 4.69. The molecule has 20 heavy (non-hydrogen) atoms. The van der Waals surface area contributed by atoms with Crippen molar-refractivity contribution in [3.8, 4) is 0 Å². The quantitative estimate of drug-likeness (QED) is 0.823. The second kappa shape index (κ2) is 8.12. The van der Waals surface area contributed by atoms with Crippen molar-refractivity contribution in [1.29, 1.82) is 0 Å². The van der Waals surface area contributed by atoms with Gasteiger partial charge >= 0.3 is 0 Å². The summed E-state index contributed by atoms with van der Waals surface area (Å²) in [4.78, 5) is 8.75. The molecule has 1 aromatic carbocycles. The van der Waals surface area contributed by atoms with Gasteiger partial charge in [0.2, 0.25) is 0 Å². The molecule has 2 rings (SSSR count). The number of hydrogen-bond acceptors (Lipinski definition) is 4. The summed E-state index contributed by atoms with van der Waals surface area (Å²) in [6.45, 7) is 3.05. The lowest BCUT2D eigenvalue weighted by molar-refractivity contribution is 0.960. The standard InChI is InChI=1S/C15H18ClN3S/c1-2-7-17-15-9-18-13(8-19-15)11-20-10-12-5-3-4-6-14(12)16/h3-6,8-9H,2,7,10-11H2,1H3,(H,17,19). The van der Waals surface area contributed by atoms with Crippen LogP contribution in [0.5, 0.6) is 0 Å². The molecule has 0 saturated heterocycles. The molecule has 5 heteroatoms. The average Bonchev–Trinajstić information content (AvgIpc) is 2.48. The molecule has 106 valence electrons. The van der Waals surface area contributed by atoms with E-state index in [0.717, 1.165) is 46.6 Å². The highest BCUT2D eigenvalue weighted by molar-refractivity contribution is 7.97. The fourth-order valence-electron chi connectivity index (χ4n) is 1.65. The molecule has 0 saturated carbocycles. The monoisotopic (exact) mass is 307 g/mol. The van der Waals surface area contributed by atoms with E-state index in [4.69, 9.17) is 11.6 Å². The van der Waals surface area contributed by atoms with Crippen LogP contribution in [-0.2, 0) is 11.5 Å². The van der Waals surface area contributed by atoms with E-state index in [0.29, 0.717) is 0 Å². The molecule has 1 heterocycles. The number of anilines is 1. The summed E-state index contributed by atoms with van der Waals surface area (Å²) in [5, 5.41) is 4.04. The molecule has 1 aromatic heterocycles. The minimum absolute atomic E-state index is 0.824. The van der Waals surface area contributed by atoms with Gasteiger partial charge in [0.05, 0.1) is 18.1 Å². The molecular formula is C15H18ClN3S. The van der Waals surface area contributed by atoms with E-state index in [-0.39, 0.29) is 0 Å². The highest BCUT2D eigenvalue weighted by Crippen LogP contribution is 2.22. The Bertz CT molecular complexity index is 531. The summed E-state index contributed by atoms with van der Waals surface area (Å²) in [7, 11) is 0. The Labute approximate surface area is 129 Å². The van der Waals surface area contributed by atoms with Gasteiger partial charge in [0, 0.05) is 23.1 Å². The molecule has 0 amide bonds. The van der Waals surface area contributed by atoms with E-state index in [2.05, 4.69) is 28.3 Å². The van der Waals surface area contributed by atoms with Crippen molar-refractivity contribution in [2.45, 2.75) is 24.9 Å². The van der Waals surface area contributed by atoms with Gasteiger partial charge in [0.25, 0.3) is 0 Å². The Balaban J connectivity index is 1.81. The van der Waals surface area contributed by atoms with Gasteiger partial charge in [-0.25, -0.2) is 4.98 Å². The zero-order chi connectivity index (χ0) is 14.2. The van der Waals surface area contributed by atoms with Crippen molar-refractivity contribution < 1.29 is 0 Å². The molecule has 0 aliphatic rings. The molecular weight excluding hydrogens is 290 g/mol. The molecule has 0 aliphatic heterocycles. The number of aromatic nitrogens is 2. The van der Waals surface area contributed by atoms with Gasteiger partial charge in [-0.2, -0.15) is 11.8 Å². The lowest BCUT2D eigenvalue weighted by Gasteiger charge is -2.05. The van der Waals surface area contributed by atoms with Gasteiger partial charge in [0.1, 0.15) is 5.82 Å². The van der Waals surface area contributed by atoms with E-state index in [1.165, 1.54) is 0 Å². The fraction of sp³-hybridized carbons (Fsp3) is 0.333. The summed E-state index contributed by atoms with van der Waals surface area (Å²) in [6.07, 6.45) is 4.70. The largest absolute Gasteiger partial charge is 0.369 e.